The Bertz CT molecular complexity index is 643. The molecule has 3 nitrogen and oxygen atoms in total. The molecule has 0 aromatic heterocycles. The van der Waals surface area contributed by atoms with Gasteiger partial charge in [-0.2, -0.15) is 0 Å². The normalized spacial score (nSPS) is 12.0. The van der Waals surface area contributed by atoms with E-state index >= 15 is 0 Å². The molecule has 2 aromatic rings. The minimum absolute atomic E-state index is 0.0499. The van der Waals surface area contributed by atoms with E-state index in [2.05, 4.69) is 21.2 Å². The molecule has 1 unspecified atom stereocenters. The van der Waals surface area contributed by atoms with Crippen molar-refractivity contribution in [3.63, 3.8) is 0 Å². The van der Waals surface area contributed by atoms with Gasteiger partial charge in [0.25, 0.3) is 5.91 Å². The Morgan fingerprint density at radius 3 is 2.52 bits per heavy atom. The van der Waals surface area contributed by atoms with E-state index in [4.69, 9.17) is 17.3 Å². The highest BCUT2D eigenvalue weighted by molar-refractivity contribution is 9.10. The maximum atomic E-state index is 12.3. The molecule has 3 N–H and O–H groups in total. The van der Waals surface area contributed by atoms with Crippen molar-refractivity contribution < 1.29 is 4.79 Å². The summed E-state index contributed by atoms with van der Waals surface area (Å²) in [5.41, 5.74) is 7.94. The Labute approximate surface area is 137 Å². The van der Waals surface area contributed by atoms with Crippen LogP contribution in [0.25, 0.3) is 0 Å². The van der Waals surface area contributed by atoms with Gasteiger partial charge in [0.05, 0.1) is 6.04 Å². The minimum Gasteiger partial charge on any atom is -0.398 e. The van der Waals surface area contributed by atoms with Crippen molar-refractivity contribution in [1.29, 1.82) is 0 Å². The molecule has 0 spiro atoms. The minimum atomic E-state index is -0.127. The summed E-state index contributed by atoms with van der Waals surface area (Å²) in [5.74, 6) is -0.127. The molecule has 0 aliphatic rings. The summed E-state index contributed by atoms with van der Waals surface area (Å²) in [6, 6.07) is 12.6. The van der Waals surface area contributed by atoms with Crippen LogP contribution in [0.1, 0.15) is 35.3 Å². The lowest BCUT2D eigenvalue weighted by molar-refractivity contribution is 0.0935. The Balaban J connectivity index is 2.15. The van der Waals surface area contributed by atoms with Gasteiger partial charge < -0.3 is 11.1 Å². The Morgan fingerprint density at radius 2 is 1.95 bits per heavy atom. The lowest BCUT2D eigenvalue weighted by Crippen LogP contribution is -2.28. The van der Waals surface area contributed by atoms with Gasteiger partial charge in [-0.15, -0.1) is 0 Å². The van der Waals surface area contributed by atoms with E-state index in [0.29, 0.717) is 16.3 Å². The molecule has 2 rings (SSSR count). The maximum absolute atomic E-state index is 12.3. The van der Waals surface area contributed by atoms with Gasteiger partial charge in [-0.3, -0.25) is 4.79 Å². The van der Waals surface area contributed by atoms with Crippen LogP contribution in [0.15, 0.2) is 46.9 Å². The predicted molar refractivity (Wildman–Crippen MR) is 90.5 cm³/mol. The summed E-state index contributed by atoms with van der Waals surface area (Å²) >= 11 is 9.22. The van der Waals surface area contributed by atoms with Crippen molar-refractivity contribution in [3.8, 4) is 0 Å². The van der Waals surface area contributed by atoms with E-state index in [0.717, 1.165) is 16.5 Å². The van der Waals surface area contributed by atoms with Gasteiger partial charge in [0, 0.05) is 20.7 Å². The second-order valence-electron chi connectivity index (χ2n) is 4.72. The van der Waals surface area contributed by atoms with Crippen molar-refractivity contribution >= 4 is 39.1 Å². The van der Waals surface area contributed by atoms with Gasteiger partial charge in [-0.1, -0.05) is 30.7 Å². The first-order valence-electron chi connectivity index (χ1n) is 6.62. The van der Waals surface area contributed by atoms with Crippen LogP contribution in [0.2, 0.25) is 5.02 Å². The number of nitrogens with one attached hydrogen (secondary N) is 1. The van der Waals surface area contributed by atoms with Crippen LogP contribution in [0.3, 0.4) is 0 Å². The number of amides is 1. The highest BCUT2D eigenvalue weighted by Crippen LogP contribution is 2.22. The van der Waals surface area contributed by atoms with Crippen LogP contribution < -0.4 is 11.1 Å². The van der Waals surface area contributed by atoms with Gasteiger partial charge in [0.15, 0.2) is 0 Å². The number of carbonyl (C=O) groups is 1. The zero-order chi connectivity index (χ0) is 15.4. The molecule has 110 valence electrons. The first-order valence-corrected chi connectivity index (χ1v) is 7.79. The zero-order valence-corrected chi connectivity index (χ0v) is 13.9. The lowest BCUT2D eigenvalue weighted by Gasteiger charge is -2.18. The number of halogens is 2. The van der Waals surface area contributed by atoms with Crippen LogP contribution in [-0.4, -0.2) is 5.91 Å². The SMILES string of the molecule is CCC(NC(=O)c1ccc(N)c(Br)c1)c1ccc(Cl)cc1. The highest BCUT2D eigenvalue weighted by Gasteiger charge is 2.14. The number of hydrogen-bond acceptors (Lipinski definition) is 2. The molecule has 0 aliphatic carbocycles. The van der Waals surface area contributed by atoms with Crippen LogP contribution in [-0.2, 0) is 0 Å². The second kappa shape index (κ2) is 6.96. The maximum Gasteiger partial charge on any atom is 0.251 e. The number of hydrogen-bond donors (Lipinski definition) is 2. The van der Waals surface area contributed by atoms with Crippen LogP contribution in [0.5, 0.6) is 0 Å². The predicted octanol–water partition coefficient (Wildman–Crippen LogP) is 4.57. The van der Waals surface area contributed by atoms with Crippen molar-refractivity contribution in [2.24, 2.45) is 0 Å². The number of nitrogens with two attached hydrogens (primary N) is 1. The molecule has 0 saturated heterocycles. The third kappa shape index (κ3) is 3.99. The number of anilines is 1. The summed E-state index contributed by atoms with van der Waals surface area (Å²) in [4.78, 5) is 12.3. The Hall–Kier alpha value is -1.52. The van der Waals surface area contributed by atoms with Crippen LogP contribution in [0, 0.1) is 0 Å². The van der Waals surface area contributed by atoms with Crippen LogP contribution in [0.4, 0.5) is 5.69 Å². The molecule has 0 saturated carbocycles. The van der Waals surface area contributed by atoms with E-state index in [9.17, 15) is 4.79 Å². The molecule has 5 heteroatoms. The molecule has 1 amide bonds. The summed E-state index contributed by atoms with van der Waals surface area (Å²) in [5, 5.41) is 3.70. The quantitative estimate of drug-likeness (QED) is 0.778. The third-order valence-corrected chi connectivity index (χ3v) is 4.19. The van der Waals surface area contributed by atoms with Crippen molar-refractivity contribution in [2.75, 3.05) is 5.73 Å². The number of rotatable bonds is 4. The third-order valence-electron chi connectivity index (χ3n) is 3.25. The number of benzene rings is 2. The van der Waals surface area contributed by atoms with Crippen molar-refractivity contribution in [2.45, 2.75) is 19.4 Å². The standard InChI is InChI=1S/C16H16BrClN2O/c1-2-15(10-3-6-12(18)7-4-10)20-16(21)11-5-8-14(19)13(17)9-11/h3-9,15H,2,19H2,1H3,(H,20,21). The summed E-state index contributed by atoms with van der Waals surface area (Å²) in [7, 11) is 0. The highest BCUT2D eigenvalue weighted by atomic mass is 79.9. The van der Waals surface area contributed by atoms with Crippen molar-refractivity contribution in [3.05, 3.63) is 63.1 Å². The molecular formula is C16H16BrClN2O. The molecule has 0 heterocycles. The van der Waals surface area contributed by atoms with E-state index < -0.39 is 0 Å². The molecule has 0 bridgehead atoms. The fraction of sp³-hybridized carbons (Fsp3) is 0.188. The zero-order valence-electron chi connectivity index (χ0n) is 11.6. The summed E-state index contributed by atoms with van der Waals surface area (Å²) < 4.78 is 0.717. The smallest absolute Gasteiger partial charge is 0.251 e. The summed E-state index contributed by atoms with van der Waals surface area (Å²) in [6.45, 7) is 2.03. The molecule has 0 aliphatic heterocycles. The molecule has 0 fully saturated rings. The molecular weight excluding hydrogens is 352 g/mol. The number of nitrogen functional groups attached to an aromatic ring is 1. The van der Waals surface area contributed by atoms with Gasteiger partial charge in [-0.05, 0) is 58.2 Å². The van der Waals surface area contributed by atoms with Gasteiger partial charge in [0.1, 0.15) is 0 Å². The second-order valence-corrected chi connectivity index (χ2v) is 6.01. The average Bonchev–Trinajstić information content (AvgIpc) is 2.48. The summed E-state index contributed by atoms with van der Waals surface area (Å²) in [6.07, 6.45) is 0.795. The topological polar surface area (TPSA) is 55.1 Å². The molecule has 1 atom stereocenters. The van der Waals surface area contributed by atoms with Crippen LogP contribution >= 0.6 is 27.5 Å². The number of carbonyl (C=O) groups excluding carboxylic acids is 1. The van der Waals surface area contributed by atoms with Gasteiger partial charge in [0.2, 0.25) is 0 Å². The average molecular weight is 368 g/mol. The van der Waals surface area contributed by atoms with Gasteiger partial charge in [-0.25, -0.2) is 0 Å². The molecule has 21 heavy (non-hydrogen) atoms. The monoisotopic (exact) mass is 366 g/mol. The molecule has 2 aromatic carbocycles. The van der Waals surface area contributed by atoms with Gasteiger partial charge >= 0.3 is 0 Å². The lowest BCUT2D eigenvalue weighted by atomic mass is 10.0. The fourth-order valence-electron chi connectivity index (χ4n) is 2.03. The Morgan fingerprint density at radius 1 is 1.29 bits per heavy atom. The molecule has 0 radical (unpaired) electrons. The van der Waals surface area contributed by atoms with E-state index in [-0.39, 0.29) is 11.9 Å². The van der Waals surface area contributed by atoms with Crippen molar-refractivity contribution in [1.82, 2.24) is 5.32 Å². The fourth-order valence-corrected chi connectivity index (χ4v) is 2.53. The Kier molecular flexibility index (Phi) is 5.26. The first kappa shape index (κ1) is 15.9. The first-order chi connectivity index (χ1) is 10.0. The largest absolute Gasteiger partial charge is 0.398 e. The van der Waals surface area contributed by atoms with E-state index in [1.165, 1.54) is 0 Å². The van der Waals surface area contributed by atoms with E-state index in [1.54, 1.807) is 18.2 Å². The van der Waals surface area contributed by atoms with E-state index in [1.807, 2.05) is 31.2 Å².